The normalized spacial score (nSPS) is 18.6. The number of hydrogen-bond acceptors (Lipinski definition) is 4. The van der Waals surface area contributed by atoms with E-state index in [9.17, 15) is 13.6 Å². The molecule has 2 aliphatic rings. The number of hydrogen-bond donors (Lipinski definition) is 1. The lowest BCUT2D eigenvalue weighted by Gasteiger charge is -2.27. The predicted molar refractivity (Wildman–Crippen MR) is 120 cm³/mol. The minimum absolute atomic E-state index is 0. The average molecular weight is 463 g/mol. The van der Waals surface area contributed by atoms with E-state index in [4.69, 9.17) is 0 Å². The molecule has 170 valence electrons. The summed E-state index contributed by atoms with van der Waals surface area (Å²) in [7, 11) is 0. The summed E-state index contributed by atoms with van der Waals surface area (Å²) in [5.74, 6) is 0.241. The fraction of sp³-hybridized carbons (Fsp3) is 0.409. The Balaban J connectivity index is 0.00000245. The maximum atomic E-state index is 14.4. The number of urea groups is 1. The first-order valence-corrected chi connectivity index (χ1v) is 10.7. The van der Waals surface area contributed by atoms with Gasteiger partial charge in [-0.25, -0.2) is 18.6 Å². The van der Waals surface area contributed by atoms with Gasteiger partial charge in [0.1, 0.15) is 17.5 Å². The van der Waals surface area contributed by atoms with Gasteiger partial charge in [0.25, 0.3) is 0 Å². The number of fused-ring (bicyclic) bond motifs is 1. The van der Waals surface area contributed by atoms with E-state index in [1.54, 1.807) is 15.6 Å². The number of imidazole rings is 1. The standard InChI is InChI=1S/C22H24F2N6O.ClH/c23-15-6-7-17(24)16(13-15)18-5-4-12-29(18)20-9-8-19-25-14-21(30(19)27-20)26-22(31)28-10-2-1-3-11-28;/h6-9,13-14,18H,1-5,10-12H2,(H,26,31);1H/t18-;/m1./s1. The highest BCUT2D eigenvalue weighted by atomic mass is 35.5. The van der Waals surface area contributed by atoms with Crippen LogP contribution in [0.5, 0.6) is 0 Å². The maximum absolute atomic E-state index is 14.4. The molecule has 2 amide bonds. The van der Waals surface area contributed by atoms with Gasteiger partial charge in [0.15, 0.2) is 11.5 Å². The van der Waals surface area contributed by atoms with Gasteiger partial charge in [-0.1, -0.05) is 0 Å². The van der Waals surface area contributed by atoms with Crippen LogP contribution in [0, 0.1) is 11.6 Å². The molecule has 3 aromatic rings. The van der Waals surface area contributed by atoms with E-state index in [0.717, 1.165) is 44.8 Å². The van der Waals surface area contributed by atoms with Gasteiger partial charge >= 0.3 is 6.03 Å². The van der Waals surface area contributed by atoms with E-state index < -0.39 is 11.6 Å². The Hall–Kier alpha value is -2.94. The van der Waals surface area contributed by atoms with Gasteiger partial charge in [0.2, 0.25) is 0 Å². The largest absolute Gasteiger partial charge is 0.348 e. The van der Waals surface area contributed by atoms with Gasteiger partial charge in [0.05, 0.1) is 12.2 Å². The minimum Gasteiger partial charge on any atom is -0.348 e. The highest BCUT2D eigenvalue weighted by Crippen LogP contribution is 2.36. The third-order valence-electron chi connectivity index (χ3n) is 6.09. The first-order valence-electron chi connectivity index (χ1n) is 10.7. The molecule has 1 atom stereocenters. The van der Waals surface area contributed by atoms with Crippen molar-refractivity contribution in [2.75, 3.05) is 29.9 Å². The summed E-state index contributed by atoms with van der Waals surface area (Å²) in [5.41, 5.74) is 0.939. The maximum Gasteiger partial charge on any atom is 0.323 e. The van der Waals surface area contributed by atoms with Gasteiger partial charge in [0, 0.05) is 25.2 Å². The van der Waals surface area contributed by atoms with Crippen LogP contribution in [-0.2, 0) is 0 Å². The monoisotopic (exact) mass is 462 g/mol. The van der Waals surface area contributed by atoms with E-state index in [1.165, 1.54) is 12.1 Å². The summed E-state index contributed by atoms with van der Waals surface area (Å²) >= 11 is 0. The summed E-state index contributed by atoms with van der Waals surface area (Å²) in [6, 6.07) is 6.75. The number of piperidine rings is 1. The number of rotatable bonds is 3. The van der Waals surface area contributed by atoms with Crippen LogP contribution in [0.3, 0.4) is 0 Å². The fourth-order valence-electron chi connectivity index (χ4n) is 4.52. The second kappa shape index (κ2) is 9.28. The van der Waals surface area contributed by atoms with E-state index >= 15 is 0 Å². The molecule has 0 saturated carbocycles. The zero-order chi connectivity index (χ0) is 21.4. The van der Waals surface area contributed by atoms with Crippen molar-refractivity contribution in [2.24, 2.45) is 0 Å². The minimum atomic E-state index is -0.455. The van der Waals surface area contributed by atoms with Crippen molar-refractivity contribution in [1.82, 2.24) is 19.5 Å². The third-order valence-corrected chi connectivity index (χ3v) is 6.09. The number of anilines is 2. The molecule has 0 bridgehead atoms. The number of halogens is 3. The third kappa shape index (κ3) is 4.21. The van der Waals surface area contributed by atoms with Crippen LogP contribution in [0.1, 0.15) is 43.7 Å². The van der Waals surface area contributed by atoms with E-state index in [2.05, 4.69) is 15.4 Å². The molecule has 2 aromatic heterocycles. The molecule has 1 N–H and O–H groups in total. The van der Waals surface area contributed by atoms with Crippen molar-refractivity contribution in [3.8, 4) is 0 Å². The van der Waals surface area contributed by atoms with Crippen LogP contribution < -0.4 is 10.2 Å². The van der Waals surface area contributed by atoms with Crippen molar-refractivity contribution in [3.05, 3.63) is 53.7 Å². The van der Waals surface area contributed by atoms with Crippen molar-refractivity contribution >= 4 is 35.7 Å². The zero-order valence-corrected chi connectivity index (χ0v) is 18.3. The second-order valence-corrected chi connectivity index (χ2v) is 8.10. The molecule has 2 aliphatic heterocycles. The lowest BCUT2D eigenvalue weighted by Crippen LogP contribution is -2.39. The van der Waals surface area contributed by atoms with Crippen molar-refractivity contribution in [3.63, 3.8) is 0 Å². The van der Waals surface area contributed by atoms with Crippen LogP contribution in [0.25, 0.3) is 5.65 Å². The molecule has 5 rings (SSSR count). The molecule has 7 nitrogen and oxygen atoms in total. The zero-order valence-electron chi connectivity index (χ0n) is 17.5. The Bertz CT molecular complexity index is 1120. The number of likely N-dealkylation sites (tertiary alicyclic amines) is 1. The first-order chi connectivity index (χ1) is 15.1. The highest BCUT2D eigenvalue weighted by molar-refractivity contribution is 5.88. The number of amides is 2. The van der Waals surface area contributed by atoms with Crippen LogP contribution in [0.4, 0.5) is 25.2 Å². The van der Waals surface area contributed by atoms with Gasteiger partial charge < -0.3 is 9.80 Å². The number of benzene rings is 1. The Kier molecular flexibility index (Phi) is 6.45. The van der Waals surface area contributed by atoms with Crippen LogP contribution in [-0.4, -0.2) is 45.2 Å². The summed E-state index contributed by atoms with van der Waals surface area (Å²) in [6.07, 6.45) is 6.31. The fourth-order valence-corrected chi connectivity index (χ4v) is 4.52. The molecule has 2 fully saturated rings. The molecule has 0 radical (unpaired) electrons. The molecule has 10 heteroatoms. The summed E-state index contributed by atoms with van der Waals surface area (Å²) in [5, 5.41) is 7.58. The van der Waals surface area contributed by atoms with E-state index in [1.807, 2.05) is 17.0 Å². The second-order valence-electron chi connectivity index (χ2n) is 8.10. The predicted octanol–water partition coefficient (Wildman–Crippen LogP) is 4.79. The van der Waals surface area contributed by atoms with Crippen molar-refractivity contribution in [1.29, 1.82) is 0 Å². The van der Waals surface area contributed by atoms with E-state index in [-0.39, 0.29) is 24.5 Å². The van der Waals surface area contributed by atoms with Crippen LogP contribution in [0.15, 0.2) is 36.5 Å². The lowest BCUT2D eigenvalue weighted by atomic mass is 10.0. The smallest absolute Gasteiger partial charge is 0.323 e. The average Bonchev–Trinajstić information content (AvgIpc) is 3.43. The summed E-state index contributed by atoms with van der Waals surface area (Å²) in [6.45, 7) is 2.18. The molecule has 0 unspecified atom stereocenters. The van der Waals surface area contributed by atoms with Crippen LogP contribution in [0.2, 0.25) is 0 Å². The number of nitrogens with one attached hydrogen (secondary N) is 1. The Morgan fingerprint density at radius 2 is 1.84 bits per heavy atom. The van der Waals surface area contributed by atoms with Crippen molar-refractivity contribution < 1.29 is 13.6 Å². The van der Waals surface area contributed by atoms with Gasteiger partial charge in [-0.2, -0.15) is 4.52 Å². The SMILES string of the molecule is Cl.O=C(Nc1cnc2ccc(N3CCC[C@@H]3c3cc(F)ccc3F)nn12)N1CCCCC1. The van der Waals surface area contributed by atoms with Gasteiger partial charge in [-0.05, 0) is 62.4 Å². The molecule has 0 aliphatic carbocycles. The topological polar surface area (TPSA) is 65.8 Å². The van der Waals surface area contributed by atoms with Crippen molar-refractivity contribution in [2.45, 2.75) is 38.1 Å². The number of aromatic nitrogens is 3. The Morgan fingerprint density at radius 3 is 2.66 bits per heavy atom. The number of carbonyl (C=O) groups excluding carboxylic acids is 1. The Morgan fingerprint density at radius 1 is 1.03 bits per heavy atom. The van der Waals surface area contributed by atoms with Gasteiger partial charge in [-0.3, -0.25) is 5.32 Å². The lowest BCUT2D eigenvalue weighted by molar-refractivity contribution is 0.200. The molecule has 32 heavy (non-hydrogen) atoms. The molecule has 0 spiro atoms. The number of nitrogens with zero attached hydrogens (tertiary/aromatic N) is 5. The molecule has 2 saturated heterocycles. The highest BCUT2D eigenvalue weighted by Gasteiger charge is 2.30. The summed E-state index contributed by atoms with van der Waals surface area (Å²) in [4.78, 5) is 20.7. The summed E-state index contributed by atoms with van der Waals surface area (Å²) < 4.78 is 29.8. The van der Waals surface area contributed by atoms with Gasteiger partial charge in [-0.15, -0.1) is 17.5 Å². The number of carbonyl (C=O) groups is 1. The first kappa shape index (κ1) is 22.3. The Labute approximate surface area is 190 Å². The molecular formula is C22H25ClF2N6O. The molecule has 4 heterocycles. The quantitative estimate of drug-likeness (QED) is 0.608. The van der Waals surface area contributed by atoms with Crippen LogP contribution >= 0.6 is 12.4 Å². The molecular weight excluding hydrogens is 438 g/mol. The van der Waals surface area contributed by atoms with E-state index in [0.29, 0.717) is 35.8 Å². The molecule has 1 aromatic carbocycles.